The van der Waals surface area contributed by atoms with Gasteiger partial charge < -0.3 is 10.2 Å². The highest BCUT2D eigenvalue weighted by Gasteiger charge is 2.12. The quantitative estimate of drug-likeness (QED) is 0.397. The van der Waals surface area contributed by atoms with Crippen molar-refractivity contribution in [2.45, 2.75) is 32.6 Å². The van der Waals surface area contributed by atoms with Gasteiger partial charge in [0.05, 0.1) is 11.5 Å². The normalized spacial score (nSPS) is 12.0. The molecule has 0 amide bonds. The Labute approximate surface area is 169 Å². The van der Waals surface area contributed by atoms with Gasteiger partial charge in [-0.1, -0.05) is 60.2 Å². The van der Waals surface area contributed by atoms with E-state index in [2.05, 4.69) is 46.4 Å². The summed E-state index contributed by atoms with van der Waals surface area (Å²) >= 11 is 0. The van der Waals surface area contributed by atoms with Crippen LogP contribution in [0.2, 0.25) is 0 Å². The molecule has 2 aromatic carbocycles. The number of hydrogen-bond acceptors (Lipinski definition) is 3. The molecule has 6 heteroatoms. The van der Waals surface area contributed by atoms with Crippen LogP contribution in [-0.4, -0.2) is 45.2 Å². The minimum Gasteiger partial charge on any atom is -0.357 e. The standard InChI is InChI=1S/C22H31N3O2S/c1-4-23-22(25(3)17-20-13-11-19(2)12-14-20)24-15-8-16-28(26,27)18-21-9-6-5-7-10-21/h5-7,9-14H,4,8,15-18H2,1-3H3,(H,23,24). The van der Waals surface area contributed by atoms with Crippen molar-refractivity contribution in [3.63, 3.8) is 0 Å². The van der Waals surface area contributed by atoms with Crippen molar-refractivity contribution < 1.29 is 8.42 Å². The van der Waals surface area contributed by atoms with E-state index in [1.54, 1.807) is 0 Å². The SMILES string of the molecule is CCNC(=NCCCS(=O)(=O)Cc1ccccc1)N(C)Cc1ccc(C)cc1. The van der Waals surface area contributed by atoms with Gasteiger partial charge in [-0.05, 0) is 31.4 Å². The van der Waals surface area contributed by atoms with Crippen LogP contribution in [0.4, 0.5) is 0 Å². The predicted molar refractivity (Wildman–Crippen MR) is 117 cm³/mol. The summed E-state index contributed by atoms with van der Waals surface area (Å²) in [4.78, 5) is 6.67. The minimum atomic E-state index is -3.12. The summed E-state index contributed by atoms with van der Waals surface area (Å²) in [5.41, 5.74) is 3.28. The maximum Gasteiger partial charge on any atom is 0.193 e. The third-order valence-corrected chi connectivity index (χ3v) is 6.03. The van der Waals surface area contributed by atoms with Gasteiger partial charge in [0.1, 0.15) is 0 Å². The molecule has 0 bridgehead atoms. The molecule has 0 aliphatic heterocycles. The zero-order valence-electron chi connectivity index (χ0n) is 17.1. The van der Waals surface area contributed by atoms with Crippen molar-refractivity contribution >= 4 is 15.8 Å². The summed E-state index contributed by atoms with van der Waals surface area (Å²) in [6.45, 7) is 6.10. The number of aryl methyl sites for hydroxylation is 1. The molecule has 0 heterocycles. The molecule has 28 heavy (non-hydrogen) atoms. The Balaban J connectivity index is 1.88. The monoisotopic (exact) mass is 401 g/mol. The summed E-state index contributed by atoms with van der Waals surface area (Å²) in [7, 11) is -1.13. The van der Waals surface area contributed by atoms with Crippen molar-refractivity contribution in [1.29, 1.82) is 0 Å². The molecule has 152 valence electrons. The van der Waals surface area contributed by atoms with Crippen molar-refractivity contribution in [3.8, 4) is 0 Å². The molecule has 0 aromatic heterocycles. The van der Waals surface area contributed by atoms with E-state index in [4.69, 9.17) is 0 Å². The maximum atomic E-state index is 12.3. The Morgan fingerprint density at radius 2 is 1.71 bits per heavy atom. The van der Waals surface area contributed by atoms with Crippen molar-refractivity contribution in [3.05, 3.63) is 71.3 Å². The fourth-order valence-corrected chi connectivity index (χ4v) is 4.30. The lowest BCUT2D eigenvalue weighted by molar-refractivity contribution is 0.477. The number of hydrogen-bond donors (Lipinski definition) is 1. The van der Waals surface area contributed by atoms with E-state index in [-0.39, 0.29) is 11.5 Å². The number of guanidine groups is 1. The maximum absolute atomic E-state index is 12.3. The summed E-state index contributed by atoms with van der Waals surface area (Å²) in [6.07, 6.45) is 0.516. The fraction of sp³-hybridized carbons (Fsp3) is 0.409. The molecule has 0 atom stereocenters. The highest BCUT2D eigenvalue weighted by atomic mass is 32.2. The van der Waals surface area contributed by atoms with E-state index in [1.165, 1.54) is 11.1 Å². The number of nitrogens with zero attached hydrogens (tertiary/aromatic N) is 2. The number of rotatable bonds is 9. The van der Waals surface area contributed by atoms with Crippen LogP contribution in [0.15, 0.2) is 59.6 Å². The Morgan fingerprint density at radius 1 is 1.04 bits per heavy atom. The Morgan fingerprint density at radius 3 is 2.36 bits per heavy atom. The van der Waals surface area contributed by atoms with Crippen LogP contribution in [-0.2, 0) is 22.1 Å². The average molecular weight is 402 g/mol. The molecular weight excluding hydrogens is 370 g/mol. The van der Waals surface area contributed by atoms with Crippen LogP contribution in [0.1, 0.15) is 30.0 Å². The van der Waals surface area contributed by atoms with Gasteiger partial charge in [0.25, 0.3) is 0 Å². The van der Waals surface area contributed by atoms with Gasteiger partial charge >= 0.3 is 0 Å². The number of benzene rings is 2. The molecule has 0 saturated heterocycles. The van der Waals surface area contributed by atoms with E-state index in [0.29, 0.717) is 13.0 Å². The van der Waals surface area contributed by atoms with Gasteiger partial charge in [0, 0.05) is 26.7 Å². The lowest BCUT2D eigenvalue weighted by Gasteiger charge is -2.22. The first-order chi connectivity index (χ1) is 13.4. The van der Waals surface area contributed by atoms with Crippen molar-refractivity contribution in [1.82, 2.24) is 10.2 Å². The molecule has 0 fully saturated rings. The van der Waals surface area contributed by atoms with E-state index < -0.39 is 9.84 Å². The first-order valence-corrected chi connectivity index (χ1v) is 11.5. The minimum absolute atomic E-state index is 0.0882. The Bertz CT molecular complexity index is 847. The van der Waals surface area contributed by atoms with Crippen LogP contribution in [0.5, 0.6) is 0 Å². The number of aliphatic imine (C=N–C) groups is 1. The third kappa shape index (κ3) is 7.72. The van der Waals surface area contributed by atoms with Crippen LogP contribution in [0.25, 0.3) is 0 Å². The third-order valence-electron chi connectivity index (χ3n) is 4.34. The topological polar surface area (TPSA) is 61.8 Å². The molecule has 1 N–H and O–H groups in total. The lowest BCUT2D eigenvalue weighted by Crippen LogP contribution is -2.38. The van der Waals surface area contributed by atoms with E-state index in [0.717, 1.165) is 24.6 Å². The van der Waals surface area contributed by atoms with Crippen molar-refractivity contribution in [2.24, 2.45) is 4.99 Å². The Hall–Kier alpha value is -2.34. The molecule has 2 rings (SSSR count). The smallest absolute Gasteiger partial charge is 0.193 e. The first kappa shape index (κ1) is 22.0. The molecule has 2 aromatic rings. The van der Waals surface area contributed by atoms with Crippen LogP contribution in [0, 0.1) is 6.92 Å². The summed E-state index contributed by atoms with van der Waals surface area (Å²) in [6, 6.07) is 17.7. The summed E-state index contributed by atoms with van der Waals surface area (Å²) in [5, 5.41) is 3.28. The molecule has 0 spiro atoms. The van der Waals surface area contributed by atoms with Gasteiger partial charge in [0.2, 0.25) is 0 Å². The molecular formula is C22H31N3O2S. The second-order valence-corrected chi connectivity index (χ2v) is 9.19. The molecule has 0 aliphatic carbocycles. The second kappa shape index (κ2) is 10.9. The molecule has 0 aliphatic rings. The number of sulfone groups is 1. The van der Waals surface area contributed by atoms with Gasteiger partial charge in [-0.25, -0.2) is 8.42 Å². The van der Waals surface area contributed by atoms with Crippen LogP contribution >= 0.6 is 0 Å². The first-order valence-electron chi connectivity index (χ1n) is 9.69. The van der Waals surface area contributed by atoms with Gasteiger partial charge in [0.15, 0.2) is 15.8 Å². The van der Waals surface area contributed by atoms with E-state index in [9.17, 15) is 8.42 Å². The molecule has 0 radical (unpaired) electrons. The summed E-state index contributed by atoms with van der Waals surface area (Å²) < 4.78 is 24.6. The molecule has 5 nitrogen and oxygen atoms in total. The van der Waals surface area contributed by atoms with Gasteiger partial charge in [-0.2, -0.15) is 0 Å². The zero-order valence-corrected chi connectivity index (χ0v) is 17.9. The van der Waals surface area contributed by atoms with Gasteiger partial charge in [-0.3, -0.25) is 4.99 Å². The molecule has 0 unspecified atom stereocenters. The lowest BCUT2D eigenvalue weighted by atomic mass is 10.1. The van der Waals surface area contributed by atoms with Crippen LogP contribution < -0.4 is 5.32 Å². The number of nitrogens with one attached hydrogen (secondary N) is 1. The van der Waals surface area contributed by atoms with E-state index in [1.807, 2.05) is 44.3 Å². The van der Waals surface area contributed by atoms with Crippen molar-refractivity contribution in [2.75, 3.05) is 25.9 Å². The largest absolute Gasteiger partial charge is 0.357 e. The second-order valence-electron chi connectivity index (χ2n) is 7.01. The molecule has 0 saturated carbocycles. The summed E-state index contributed by atoms with van der Waals surface area (Å²) in [5.74, 6) is 1.03. The fourth-order valence-electron chi connectivity index (χ4n) is 2.88. The zero-order chi connectivity index (χ0) is 20.4. The van der Waals surface area contributed by atoms with Gasteiger partial charge in [-0.15, -0.1) is 0 Å². The highest BCUT2D eigenvalue weighted by molar-refractivity contribution is 7.90. The highest BCUT2D eigenvalue weighted by Crippen LogP contribution is 2.08. The Kier molecular flexibility index (Phi) is 8.51. The predicted octanol–water partition coefficient (Wildman–Crippen LogP) is 3.40. The average Bonchev–Trinajstić information content (AvgIpc) is 2.66. The van der Waals surface area contributed by atoms with E-state index >= 15 is 0 Å². The van der Waals surface area contributed by atoms with Crippen LogP contribution in [0.3, 0.4) is 0 Å².